The molecule has 2 N–H and O–H groups in total. The summed E-state index contributed by atoms with van der Waals surface area (Å²) in [5.41, 5.74) is 1.97. The summed E-state index contributed by atoms with van der Waals surface area (Å²) in [6.45, 7) is 1.96. The number of ether oxygens (including phenoxy) is 1. The SMILES string of the molecule is COc1ccc(Cl)cc1Nc1ncnc(Nc2nc3c(C)cccc3s2)c1[N+](=O)[O-]. The number of nitrogens with one attached hydrogen (secondary N) is 2. The van der Waals surface area contributed by atoms with Crippen LogP contribution in [0, 0.1) is 17.0 Å². The van der Waals surface area contributed by atoms with Crippen LogP contribution in [0.3, 0.4) is 0 Å². The van der Waals surface area contributed by atoms with Crippen LogP contribution in [0.4, 0.5) is 28.1 Å². The van der Waals surface area contributed by atoms with E-state index in [0.29, 0.717) is 21.6 Å². The first-order valence-corrected chi connectivity index (χ1v) is 9.89. The van der Waals surface area contributed by atoms with Crippen molar-refractivity contribution in [3.8, 4) is 5.75 Å². The van der Waals surface area contributed by atoms with Crippen molar-refractivity contribution in [2.24, 2.45) is 0 Å². The fourth-order valence-corrected chi connectivity index (χ4v) is 4.00. The number of methoxy groups -OCH3 is 1. The second-order valence-electron chi connectivity index (χ2n) is 6.21. The minimum atomic E-state index is -0.555. The van der Waals surface area contributed by atoms with Crippen LogP contribution in [0.5, 0.6) is 5.75 Å². The van der Waals surface area contributed by atoms with Crippen LogP contribution in [-0.4, -0.2) is 27.0 Å². The lowest BCUT2D eigenvalue weighted by Crippen LogP contribution is -2.06. The largest absolute Gasteiger partial charge is 0.495 e. The predicted octanol–water partition coefficient (Wildman–Crippen LogP) is 5.45. The molecule has 0 saturated heterocycles. The normalized spacial score (nSPS) is 10.8. The highest BCUT2D eigenvalue weighted by atomic mass is 35.5. The summed E-state index contributed by atoms with van der Waals surface area (Å²) < 4.78 is 6.25. The maximum atomic E-state index is 11.8. The van der Waals surface area contributed by atoms with E-state index in [0.717, 1.165) is 15.8 Å². The Morgan fingerprint density at radius 1 is 1.17 bits per heavy atom. The van der Waals surface area contributed by atoms with Gasteiger partial charge in [0.1, 0.15) is 12.1 Å². The van der Waals surface area contributed by atoms with E-state index in [-0.39, 0.29) is 17.3 Å². The zero-order valence-electron chi connectivity index (χ0n) is 15.8. The van der Waals surface area contributed by atoms with Gasteiger partial charge in [0.2, 0.25) is 11.6 Å². The lowest BCUT2D eigenvalue weighted by molar-refractivity contribution is -0.383. The Bertz CT molecular complexity index is 1260. The third-order valence-electron chi connectivity index (χ3n) is 4.27. The van der Waals surface area contributed by atoms with Gasteiger partial charge in [0.15, 0.2) is 5.13 Å². The molecule has 0 bridgehead atoms. The number of hydrogen-bond donors (Lipinski definition) is 2. The highest BCUT2D eigenvalue weighted by Crippen LogP contribution is 2.37. The molecular formula is C19H15ClN6O3S. The van der Waals surface area contributed by atoms with Crippen LogP contribution in [0.1, 0.15) is 5.56 Å². The number of benzene rings is 2. The number of nitro groups is 1. The van der Waals surface area contributed by atoms with Gasteiger partial charge in [0, 0.05) is 5.02 Å². The summed E-state index contributed by atoms with van der Waals surface area (Å²) in [6, 6.07) is 10.7. The van der Waals surface area contributed by atoms with Gasteiger partial charge in [-0.25, -0.2) is 15.0 Å². The van der Waals surface area contributed by atoms with Gasteiger partial charge in [-0.3, -0.25) is 10.1 Å². The second-order valence-corrected chi connectivity index (χ2v) is 7.68. The molecule has 4 aromatic rings. The van der Waals surface area contributed by atoms with E-state index in [2.05, 4.69) is 25.6 Å². The number of aryl methyl sites for hydroxylation is 1. The second kappa shape index (κ2) is 8.09. The van der Waals surface area contributed by atoms with Crippen molar-refractivity contribution in [1.29, 1.82) is 0 Å². The van der Waals surface area contributed by atoms with E-state index in [1.165, 1.54) is 24.8 Å². The molecule has 0 spiro atoms. The Morgan fingerprint density at radius 2 is 1.93 bits per heavy atom. The third kappa shape index (κ3) is 3.82. The fourth-order valence-electron chi connectivity index (χ4n) is 2.88. The Labute approximate surface area is 179 Å². The van der Waals surface area contributed by atoms with Gasteiger partial charge in [-0.2, -0.15) is 0 Å². The summed E-state index contributed by atoms with van der Waals surface area (Å²) >= 11 is 7.43. The molecule has 0 amide bonds. The third-order valence-corrected chi connectivity index (χ3v) is 5.44. The van der Waals surface area contributed by atoms with Crippen molar-refractivity contribution in [1.82, 2.24) is 15.0 Å². The van der Waals surface area contributed by atoms with E-state index >= 15 is 0 Å². The van der Waals surface area contributed by atoms with Crippen molar-refractivity contribution in [3.05, 3.63) is 63.4 Å². The number of anilines is 4. The zero-order chi connectivity index (χ0) is 21.3. The smallest absolute Gasteiger partial charge is 0.353 e. The molecule has 0 fully saturated rings. The quantitative estimate of drug-likeness (QED) is 0.299. The van der Waals surface area contributed by atoms with Gasteiger partial charge in [-0.1, -0.05) is 35.1 Å². The number of hydrogen-bond acceptors (Lipinski definition) is 9. The summed E-state index contributed by atoms with van der Waals surface area (Å²) in [6.07, 6.45) is 1.23. The number of aromatic nitrogens is 3. The molecular weight excluding hydrogens is 428 g/mol. The van der Waals surface area contributed by atoms with E-state index < -0.39 is 4.92 Å². The molecule has 0 aliphatic heterocycles. The zero-order valence-corrected chi connectivity index (χ0v) is 17.4. The minimum Gasteiger partial charge on any atom is -0.495 e. The molecule has 0 unspecified atom stereocenters. The molecule has 0 radical (unpaired) electrons. The van der Waals surface area contributed by atoms with Gasteiger partial charge < -0.3 is 15.4 Å². The van der Waals surface area contributed by atoms with E-state index in [9.17, 15) is 10.1 Å². The summed E-state index contributed by atoms with van der Waals surface area (Å²) in [4.78, 5) is 23.9. The molecule has 4 rings (SSSR count). The monoisotopic (exact) mass is 442 g/mol. The molecule has 2 aromatic heterocycles. The fraction of sp³-hybridized carbons (Fsp3) is 0.105. The molecule has 0 saturated carbocycles. The van der Waals surface area contributed by atoms with Gasteiger partial charge in [-0.05, 0) is 36.8 Å². The molecule has 2 aromatic carbocycles. The van der Waals surface area contributed by atoms with Crippen molar-refractivity contribution < 1.29 is 9.66 Å². The first-order valence-electron chi connectivity index (χ1n) is 8.69. The van der Waals surface area contributed by atoms with Crippen molar-refractivity contribution in [2.75, 3.05) is 17.7 Å². The van der Waals surface area contributed by atoms with E-state index in [1.54, 1.807) is 18.2 Å². The lowest BCUT2D eigenvalue weighted by atomic mass is 10.2. The molecule has 11 heteroatoms. The average Bonchev–Trinajstić information content (AvgIpc) is 3.12. The first kappa shape index (κ1) is 19.8. The topological polar surface area (TPSA) is 115 Å². The van der Waals surface area contributed by atoms with E-state index in [4.69, 9.17) is 16.3 Å². The molecule has 0 aliphatic rings. The van der Waals surface area contributed by atoms with Crippen LogP contribution in [-0.2, 0) is 0 Å². The number of fused-ring (bicyclic) bond motifs is 1. The van der Waals surface area contributed by atoms with Crippen LogP contribution in [0.15, 0.2) is 42.7 Å². The van der Waals surface area contributed by atoms with E-state index in [1.807, 2.05) is 25.1 Å². The summed E-state index contributed by atoms with van der Waals surface area (Å²) in [7, 11) is 1.49. The number of rotatable bonds is 6. The Morgan fingerprint density at radius 3 is 2.63 bits per heavy atom. The first-order chi connectivity index (χ1) is 14.5. The maximum Gasteiger partial charge on any atom is 0.353 e. The van der Waals surface area contributed by atoms with Gasteiger partial charge in [0.05, 0.1) is 27.9 Å². The Kier molecular flexibility index (Phi) is 5.34. The maximum absolute atomic E-state index is 11.8. The number of para-hydroxylation sites is 1. The average molecular weight is 443 g/mol. The van der Waals surface area contributed by atoms with Crippen LogP contribution in [0.2, 0.25) is 5.02 Å². The van der Waals surface area contributed by atoms with Crippen molar-refractivity contribution >= 4 is 61.3 Å². The standard InChI is InChI=1S/C19H15ClN6O3S/c1-10-4-3-5-14-15(10)24-19(30-14)25-18-16(26(27)28)17(21-9-22-18)23-12-8-11(20)6-7-13(12)29-2/h3-9H,1-2H3,(H2,21,22,23,24,25). The Hall–Kier alpha value is -3.50. The van der Waals surface area contributed by atoms with Crippen LogP contribution in [0.25, 0.3) is 10.2 Å². The summed E-state index contributed by atoms with van der Waals surface area (Å²) in [5.74, 6) is 0.481. The van der Waals surface area contributed by atoms with Gasteiger partial charge >= 0.3 is 5.69 Å². The molecule has 30 heavy (non-hydrogen) atoms. The van der Waals surface area contributed by atoms with Crippen molar-refractivity contribution in [2.45, 2.75) is 6.92 Å². The van der Waals surface area contributed by atoms with Gasteiger partial charge in [-0.15, -0.1) is 0 Å². The highest BCUT2D eigenvalue weighted by molar-refractivity contribution is 7.22. The molecule has 0 aliphatic carbocycles. The number of thiazole rings is 1. The molecule has 152 valence electrons. The predicted molar refractivity (Wildman–Crippen MR) is 118 cm³/mol. The van der Waals surface area contributed by atoms with Crippen LogP contribution < -0.4 is 15.4 Å². The molecule has 0 atom stereocenters. The minimum absolute atomic E-state index is 0.00430. The molecule has 2 heterocycles. The Balaban J connectivity index is 1.74. The van der Waals surface area contributed by atoms with Crippen LogP contribution >= 0.6 is 22.9 Å². The van der Waals surface area contributed by atoms with Crippen molar-refractivity contribution in [3.63, 3.8) is 0 Å². The number of nitrogens with zero attached hydrogens (tertiary/aromatic N) is 4. The molecule has 9 nitrogen and oxygen atoms in total. The highest BCUT2D eigenvalue weighted by Gasteiger charge is 2.25. The van der Waals surface area contributed by atoms with Gasteiger partial charge in [0.25, 0.3) is 0 Å². The summed E-state index contributed by atoms with van der Waals surface area (Å²) in [5, 5.41) is 18.6. The lowest BCUT2D eigenvalue weighted by Gasteiger charge is -2.12. The number of halogens is 1.